The Balaban J connectivity index is 1.41. The number of phenols is 1. The van der Waals surface area contributed by atoms with Gasteiger partial charge in [0.1, 0.15) is 5.75 Å². The third-order valence-corrected chi connectivity index (χ3v) is 8.46. The summed E-state index contributed by atoms with van der Waals surface area (Å²) in [5, 5.41) is 22.1. The minimum absolute atomic E-state index is 0.145. The van der Waals surface area contributed by atoms with Crippen LogP contribution in [-0.2, 0) is 5.41 Å². The molecule has 31 heavy (non-hydrogen) atoms. The molecule has 0 heterocycles. The van der Waals surface area contributed by atoms with E-state index in [-0.39, 0.29) is 5.41 Å². The van der Waals surface area contributed by atoms with E-state index < -0.39 is 5.97 Å². The van der Waals surface area contributed by atoms with E-state index in [0.29, 0.717) is 11.3 Å². The summed E-state index contributed by atoms with van der Waals surface area (Å²) >= 11 is 0. The molecule has 0 aliphatic heterocycles. The number of rotatable bonds is 3. The highest BCUT2D eigenvalue weighted by Gasteiger charge is 2.53. The van der Waals surface area contributed by atoms with E-state index in [4.69, 9.17) is 0 Å². The number of hydrogen-bond donors (Lipinski definition) is 2. The van der Waals surface area contributed by atoms with Crippen molar-refractivity contribution in [2.45, 2.75) is 50.4 Å². The van der Waals surface area contributed by atoms with Gasteiger partial charge in [0.25, 0.3) is 0 Å². The summed E-state index contributed by atoms with van der Waals surface area (Å²) in [5.74, 6) is 2.04. The van der Waals surface area contributed by atoms with Crippen molar-refractivity contribution >= 4 is 16.7 Å². The van der Waals surface area contributed by atoms with Gasteiger partial charge in [-0.25, -0.2) is 4.79 Å². The molecule has 3 bridgehead atoms. The van der Waals surface area contributed by atoms with Gasteiger partial charge in [-0.15, -0.1) is 0 Å². The number of phenolic OH excluding ortho intramolecular Hbond substituents is 1. The first-order valence-electron chi connectivity index (χ1n) is 11.6. The van der Waals surface area contributed by atoms with Crippen molar-refractivity contribution in [3.63, 3.8) is 0 Å². The molecule has 0 spiro atoms. The van der Waals surface area contributed by atoms with Gasteiger partial charge in [-0.05, 0) is 101 Å². The number of hydrogen-bond acceptors (Lipinski definition) is 2. The summed E-state index contributed by atoms with van der Waals surface area (Å²) < 4.78 is 0. The van der Waals surface area contributed by atoms with Crippen LogP contribution in [0, 0.1) is 17.8 Å². The van der Waals surface area contributed by atoms with Crippen LogP contribution in [0.2, 0.25) is 0 Å². The van der Waals surface area contributed by atoms with Gasteiger partial charge in [0, 0.05) is 5.56 Å². The summed E-state index contributed by atoms with van der Waals surface area (Å²) in [6.07, 6.45) is 9.21. The zero-order valence-electron chi connectivity index (χ0n) is 17.7. The van der Waals surface area contributed by atoms with E-state index in [1.54, 1.807) is 12.1 Å². The smallest absolute Gasteiger partial charge is 0.335 e. The van der Waals surface area contributed by atoms with Gasteiger partial charge in [-0.1, -0.05) is 43.5 Å². The van der Waals surface area contributed by atoms with Gasteiger partial charge >= 0.3 is 5.97 Å². The lowest BCUT2D eigenvalue weighted by Crippen LogP contribution is -2.30. The summed E-state index contributed by atoms with van der Waals surface area (Å²) in [7, 11) is 0. The predicted molar refractivity (Wildman–Crippen MR) is 122 cm³/mol. The molecule has 3 aromatic carbocycles. The van der Waals surface area contributed by atoms with Gasteiger partial charge in [0.2, 0.25) is 0 Å². The minimum atomic E-state index is -0.902. The lowest BCUT2D eigenvalue weighted by atomic mass is 9.65. The molecule has 6 rings (SSSR count). The first kappa shape index (κ1) is 18.9. The summed E-state index contributed by atoms with van der Waals surface area (Å²) in [5.41, 5.74) is 3.85. The van der Waals surface area contributed by atoms with Crippen molar-refractivity contribution in [3.05, 3.63) is 65.7 Å². The topological polar surface area (TPSA) is 57.5 Å². The van der Waals surface area contributed by atoms with Crippen LogP contribution in [0.25, 0.3) is 21.9 Å². The number of aromatic carboxylic acids is 1. The zero-order chi connectivity index (χ0) is 21.2. The largest absolute Gasteiger partial charge is 0.508 e. The number of carbonyl (C=O) groups is 1. The molecule has 3 fully saturated rings. The second-order valence-electron chi connectivity index (χ2n) is 10.3. The van der Waals surface area contributed by atoms with E-state index in [2.05, 4.69) is 18.2 Å². The average Bonchev–Trinajstić information content (AvgIpc) is 2.94. The van der Waals surface area contributed by atoms with E-state index in [0.717, 1.165) is 45.2 Å². The predicted octanol–water partition coefficient (Wildman–Crippen LogP) is 6.77. The number of benzene rings is 3. The Labute approximate surface area is 182 Å². The van der Waals surface area contributed by atoms with E-state index >= 15 is 0 Å². The van der Waals surface area contributed by atoms with Crippen LogP contribution in [0.1, 0.15) is 60.9 Å². The standard InChI is InChI=1S/C28H28O3/c29-26-9-8-21(19-4-5-20-12-22(27(30)31)7-6-18(20)11-19)13-25(26)28-14-17-2-1-3-23(15-28)24(10-17)16-28/h4-9,11-13,17,23-24,29H,1-3,10,14-16H2,(H,30,31). The highest BCUT2D eigenvalue weighted by atomic mass is 16.4. The number of carboxylic acids is 1. The fourth-order valence-electron chi connectivity index (χ4n) is 7.18. The van der Waals surface area contributed by atoms with Crippen LogP contribution in [0.5, 0.6) is 5.75 Å². The fourth-order valence-corrected chi connectivity index (χ4v) is 7.18. The van der Waals surface area contributed by atoms with Gasteiger partial charge in [-0.2, -0.15) is 0 Å². The van der Waals surface area contributed by atoms with Crippen LogP contribution in [0.4, 0.5) is 0 Å². The lowest BCUT2D eigenvalue weighted by molar-refractivity contribution is 0.0697. The Hall–Kier alpha value is -2.81. The summed E-state index contributed by atoms with van der Waals surface area (Å²) in [6, 6.07) is 17.6. The summed E-state index contributed by atoms with van der Waals surface area (Å²) in [4.78, 5) is 11.3. The maximum absolute atomic E-state index is 11.3. The van der Waals surface area contributed by atoms with Crippen molar-refractivity contribution in [1.82, 2.24) is 0 Å². The van der Waals surface area contributed by atoms with Crippen LogP contribution < -0.4 is 0 Å². The minimum Gasteiger partial charge on any atom is -0.508 e. The zero-order valence-corrected chi connectivity index (χ0v) is 17.7. The van der Waals surface area contributed by atoms with Crippen molar-refractivity contribution in [2.75, 3.05) is 0 Å². The average molecular weight is 413 g/mol. The second-order valence-corrected chi connectivity index (χ2v) is 10.3. The Morgan fingerprint density at radius 3 is 2.45 bits per heavy atom. The lowest BCUT2D eigenvalue weighted by Gasteiger charge is -2.39. The Bertz CT molecular complexity index is 1190. The third-order valence-electron chi connectivity index (χ3n) is 8.46. The molecular formula is C28H28O3. The molecule has 158 valence electrons. The number of carboxylic acid groups (broad SMARTS) is 1. The molecule has 2 N–H and O–H groups in total. The molecule has 0 aromatic heterocycles. The molecule has 3 aromatic rings. The summed E-state index contributed by atoms with van der Waals surface area (Å²) in [6.45, 7) is 0. The van der Waals surface area contributed by atoms with Crippen molar-refractivity contribution < 1.29 is 15.0 Å². The Morgan fingerprint density at radius 2 is 1.58 bits per heavy atom. The molecule has 3 aliphatic carbocycles. The van der Waals surface area contributed by atoms with Gasteiger partial charge < -0.3 is 10.2 Å². The van der Waals surface area contributed by atoms with E-state index in [9.17, 15) is 15.0 Å². The SMILES string of the molecule is O=C(O)c1ccc2cc(-c3ccc(O)c(C45CC6CCCC(C4)C(C6)C5)c3)ccc2c1. The van der Waals surface area contributed by atoms with E-state index in [1.807, 2.05) is 24.3 Å². The fraction of sp³-hybridized carbons (Fsp3) is 0.393. The maximum Gasteiger partial charge on any atom is 0.335 e. The highest BCUT2D eigenvalue weighted by molar-refractivity contribution is 5.95. The molecule has 0 saturated heterocycles. The molecule has 0 amide bonds. The van der Waals surface area contributed by atoms with Crippen LogP contribution in [0.15, 0.2) is 54.6 Å². The Morgan fingerprint density at radius 1 is 0.839 bits per heavy atom. The van der Waals surface area contributed by atoms with Crippen molar-refractivity contribution in [2.24, 2.45) is 17.8 Å². The molecule has 3 saturated carbocycles. The molecule has 4 atom stereocenters. The van der Waals surface area contributed by atoms with Gasteiger partial charge in [0.05, 0.1) is 5.56 Å². The monoisotopic (exact) mass is 412 g/mol. The number of aromatic hydroxyl groups is 1. The quantitative estimate of drug-likeness (QED) is 0.499. The first-order chi connectivity index (χ1) is 15.0. The van der Waals surface area contributed by atoms with Gasteiger partial charge in [0.15, 0.2) is 0 Å². The van der Waals surface area contributed by atoms with Crippen molar-refractivity contribution in [1.29, 1.82) is 0 Å². The van der Waals surface area contributed by atoms with Crippen LogP contribution in [0.3, 0.4) is 0 Å². The molecule has 3 heteroatoms. The maximum atomic E-state index is 11.3. The molecule has 0 radical (unpaired) electrons. The van der Waals surface area contributed by atoms with Crippen molar-refractivity contribution in [3.8, 4) is 16.9 Å². The van der Waals surface area contributed by atoms with Gasteiger partial charge in [-0.3, -0.25) is 0 Å². The second kappa shape index (κ2) is 6.85. The van der Waals surface area contributed by atoms with Crippen LogP contribution >= 0.6 is 0 Å². The van der Waals surface area contributed by atoms with E-state index in [1.165, 1.54) is 44.9 Å². The highest BCUT2D eigenvalue weighted by Crippen LogP contribution is 2.62. The molecular weight excluding hydrogens is 384 g/mol. The molecule has 4 unspecified atom stereocenters. The molecule has 3 nitrogen and oxygen atoms in total. The molecule has 3 aliphatic rings. The normalized spacial score (nSPS) is 29.2. The first-order valence-corrected chi connectivity index (χ1v) is 11.6. The Kier molecular flexibility index (Phi) is 4.18. The third kappa shape index (κ3) is 3.05. The number of fused-ring (bicyclic) bond motifs is 3. The van der Waals surface area contributed by atoms with Crippen LogP contribution in [-0.4, -0.2) is 16.2 Å².